The van der Waals surface area contributed by atoms with Crippen LogP contribution in [0.5, 0.6) is 0 Å². The van der Waals surface area contributed by atoms with Gasteiger partial charge in [0.1, 0.15) is 17.7 Å². The van der Waals surface area contributed by atoms with Crippen LogP contribution in [0.25, 0.3) is 0 Å². The molecule has 1 fully saturated rings. The van der Waals surface area contributed by atoms with E-state index in [1.165, 1.54) is 13.0 Å². The van der Waals surface area contributed by atoms with Gasteiger partial charge in [-0.15, -0.1) is 0 Å². The van der Waals surface area contributed by atoms with Gasteiger partial charge in [0, 0.05) is 5.56 Å². The first kappa shape index (κ1) is 20.2. The standard InChI is InChI=1S/C18H16ClF4NO2/c1-4-9-13(20)15(22)10(16(23)14(9)21)7-26-17(25)12-11(18(12,2)3)5-8(19)6-24/h5,11-12H,4,7H2,1-3H3. The summed E-state index contributed by atoms with van der Waals surface area (Å²) in [5.74, 6) is -8.00. The average molecular weight is 390 g/mol. The lowest BCUT2D eigenvalue weighted by atomic mass is 10.1. The second-order valence-electron chi connectivity index (χ2n) is 6.63. The molecule has 1 aromatic rings. The molecule has 140 valence electrons. The number of hydrogen-bond acceptors (Lipinski definition) is 3. The highest BCUT2D eigenvalue weighted by atomic mass is 35.5. The molecule has 0 amide bonds. The molecule has 2 rings (SSSR count). The second-order valence-corrected chi connectivity index (χ2v) is 7.03. The summed E-state index contributed by atoms with van der Waals surface area (Å²) < 4.78 is 60.4. The third-order valence-electron chi connectivity index (χ3n) is 4.75. The molecule has 0 heterocycles. The Hall–Kier alpha value is -2.07. The molecule has 0 aliphatic heterocycles. The molecule has 8 heteroatoms. The van der Waals surface area contributed by atoms with E-state index in [2.05, 4.69) is 0 Å². The minimum atomic E-state index is -1.58. The normalized spacial score (nSPS) is 21.3. The molecule has 0 saturated heterocycles. The van der Waals surface area contributed by atoms with Crippen molar-refractivity contribution in [2.75, 3.05) is 0 Å². The number of ether oxygens (including phenoxy) is 1. The van der Waals surface area contributed by atoms with E-state index >= 15 is 0 Å². The fourth-order valence-corrected chi connectivity index (χ4v) is 3.16. The van der Waals surface area contributed by atoms with E-state index in [1.54, 1.807) is 19.9 Å². The molecule has 1 aliphatic carbocycles. The number of esters is 1. The Morgan fingerprint density at radius 3 is 2.15 bits per heavy atom. The van der Waals surface area contributed by atoms with Crippen LogP contribution in [-0.2, 0) is 22.6 Å². The van der Waals surface area contributed by atoms with E-state index in [4.69, 9.17) is 21.6 Å². The zero-order chi connectivity index (χ0) is 19.8. The number of halogens is 5. The predicted molar refractivity (Wildman–Crippen MR) is 85.8 cm³/mol. The lowest BCUT2D eigenvalue weighted by Gasteiger charge is -2.12. The van der Waals surface area contributed by atoms with Gasteiger partial charge in [0.25, 0.3) is 0 Å². The highest BCUT2D eigenvalue weighted by Gasteiger charge is 2.61. The first-order valence-corrected chi connectivity index (χ1v) is 8.23. The first-order chi connectivity index (χ1) is 12.1. The van der Waals surface area contributed by atoms with Crippen molar-refractivity contribution in [3.05, 3.63) is 45.5 Å². The fourth-order valence-electron chi connectivity index (χ4n) is 3.03. The summed E-state index contributed by atoms with van der Waals surface area (Å²) in [4.78, 5) is 12.2. The number of carbonyl (C=O) groups is 1. The first-order valence-electron chi connectivity index (χ1n) is 7.85. The summed E-state index contributed by atoms with van der Waals surface area (Å²) in [5, 5.41) is 8.61. The minimum Gasteiger partial charge on any atom is -0.460 e. The Balaban J connectivity index is 2.18. The van der Waals surface area contributed by atoms with E-state index in [9.17, 15) is 22.4 Å². The van der Waals surface area contributed by atoms with Crippen molar-refractivity contribution in [2.45, 2.75) is 33.8 Å². The highest BCUT2D eigenvalue weighted by Crippen LogP contribution is 2.60. The van der Waals surface area contributed by atoms with Crippen LogP contribution in [-0.4, -0.2) is 5.97 Å². The van der Waals surface area contributed by atoms with Crippen molar-refractivity contribution in [2.24, 2.45) is 17.3 Å². The molecule has 1 aliphatic rings. The van der Waals surface area contributed by atoms with Crippen molar-refractivity contribution in [1.82, 2.24) is 0 Å². The minimum absolute atomic E-state index is 0.0882. The van der Waals surface area contributed by atoms with Crippen LogP contribution in [0.1, 0.15) is 31.9 Å². The molecular formula is C18H16ClF4NO2. The van der Waals surface area contributed by atoms with Gasteiger partial charge < -0.3 is 4.74 Å². The lowest BCUT2D eigenvalue weighted by molar-refractivity contribution is -0.147. The van der Waals surface area contributed by atoms with Gasteiger partial charge in [-0.25, -0.2) is 17.6 Å². The maximum atomic E-state index is 14.0. The zero-order valence-corrected chi connectivity index (χ0v) is 15.1. The largest absolute Gasteiger partial charge is 0.460 e. The Morgan fingerprint density at radius 2 is 1.69 bits per heavy atom. The van der Waals surface area contributed by atoms with Crippen molar-refractivity contribution in [1.29, 1.82) is 5.26 Å². The predicted octanol–water partition coefficient (Wildman–Crippen LogP) is 4.77. The Kier molecular flexibility index (Phi) is 5.67. The quantitative estimate of drug-likeness (QED) is 0.315. The highest BCUT2D eigenvalue weighted by molar-refractivity contribution is 6.31. The third kappa shape index (κ3) is 3.43. The van der Waals surface area contributed by atoms with Crippen LogP contribution >= 0.6 is 11.6 Å². The molecule has 1 saturated carbocycles. The Labute approximate surface area is 153 Å². The summed E-state index contributed by atoms with van der Waals surface area (Å²) in [6.07, 6.45) is 1.18. The summed E-state index contributed by atoms with van der Waals surface area (Å²) in [6.45, 7) is 3.88. The van der Waals surface area contributed by atoms with Gasteiger partial charge >= 0.3 is 5.97 Å². The fraction of sp³-hybridized carbons (Fsp3) is 0.444. The Morgan fingerprint density at radius 1 is 1.19 bits per heavy atom. The summed E-state index contributed by atoms with van der Waals surface area (Å²) >= 11 is 5.64. The molecule has 3 nitrogen and oxygen atoms in total. The van der Waals surface area contributed by atoms with Crippen LogP contribution in [0.3, 0.4) is 0 Å². The summed E-state index contributed by atoms with van der Waals surface area (Å²) in [7, 11) is 0. The van der Waals surface area contributed by atoms with Gasteiger partial charge in [0.15, 0.2) is 23.3 Å². The molecule has 0 spiro atoms. The topological polar surface area (TPSA) is 50.1 Å². The maximum absolute atomic E-state index is 14.0. The molecule has 0 radical (unpaired) electrons. The van der Waals surface area contributed by atoms with E-state index < -0.39 is 58.3 Å². The van der Waals surface area contributed by atoms with Crippen LogP contribution in [0, 0.1) is 51.9 Å². The van der Waals surface area contributed by atoms with Crippen molar-refractivity contribution in [3.63, 3.8) is 0 Å². The van der Waals surface area contributed by atoms with E-state index in [0.29, 0.717) is 0 Å². The molecule has 2 atom stereocenters. The van der Waals surface area contributed by atoms with Crippen LogP contribution in [0.2, 0.25) is 0 Å². The molecule has 0 aromatic heterocycles. The number of hydrogen-bond donors (Lipinski definition) is 0. The van der Waals surface area contributed by atoms with E-state index in [0.717, 1.165) is 0 Å². The van der Waals surface area contributed by atoms with Crippen molar-refractivity contribution < 1.29 is 27.1 Å². The number of rotatable bonds is 5. The number of benzene rings is 1. The molecule has 0 N–H and O–H groups in total. The number of carbonyl (C=O) groups excluding carboxylic acids is 1. The van der Waals surface area contributed by atoms with Gasteiger partial charge in [-0.3, -0.25) is 4.79 Å². The van der Waals surface area contributed by atoms with E-state index in [1.807, 2.05) is 0 Å². The van der Waals surface area contributed by atoms with Crippen molar-refractivity contribution in [3.8, 4) is 6.07 Å². The SMILES string of the molecule is CCc1c(F)c(F)c(COC(=O)C2C(C=C(Cl)C#N)C2(C)C)c(F)c1F. The van der Waals surface area contributed by atoms with Crippen LogP contribution < -0.4 is 0 Å². The van der Waals surface area contributed by atoms with Gasteiger partial charge in [-0.2, -0.15) is 5.26 Å². The van der Waals surface area contributed by atoms with Crippen LogP contribution in [0.15, 0.2) is 11.1 Å². The monoisotopic (exact) mass is 389 g/mol. The second kappa shape index (κ2) is 7.28. The third-order valence-corrected chi connectivity index (χ3v) is 4.97. The van der Waals surface area contributed by atoms with Crippen LogP contribution in [0.4, 0.5) is 17.6 Å². The Bertz CT molecular complexity index is 800. The molecule has 2 unspecified atom stereocenters. The van der Waals surface area contributed by atoms with Gasteiger partial charge in [-0.1, -0.05) is 38.4 Å². The van der Waals surface area contributed by atoms with Gasteiger partial charge in [-0.05, 0) is 17.8 Å². The smallest absolute Gasteiger partial charge is 0.310 e. The zero-order valence-electron chi connectivity index (χ0n) is 14.3. The summed E-state index contributed by atoms with van der Waals surface area (Å²) in [6, 6.07) is 1.72. The molecule has 1 aromatic carbocycles. The number of nitriles is 1. The molecule has 0 bridgehead atoms. The number of nitrogens with zero attached hydrogens (tertiary/aromatic N) is 1. The molecular weight excluding hydrogens is 374 g/mol. The maximum Gasteiger partial charge on any atom is 0.310 e. The van der Waals surface area contributed by atoms with Crippen molar-refractivity contribution >= 4 is 17.6 Å². The summed E-state index contributed by atoms with van der Waals surface area (Å²) in [5.41, 5.74) is -2.24. The van der Waals surface area contributed by atoms with Gasteiger partial charge in [0.2, 0.25) is 0 Å². The van der Waals surface area contributed by atoms with Gasteiger partial charge in [0.05, 0.1) is 11.5 Å². The average Bonchev–Trinajstić information content (AvgIpc) is 3.13. The number of allylic oxidation sites excluding steroid dienone is 2. The van der Waals surface area contributed by atoms with E-state index in [-0.39, 0.29) is 17.4 Å². The molecule has 26 heavy (non-hydrogen) atoms. The lowest BCUT2D eigenvalue weighted by Crippen LogP contribution is -2.14.